The van der Waals surface area contributed by atoms with E-state index in [-0.39, 0.29) is 12.3 Å². The summed E-state index contributed by atoms with van der Waals surface area (Å²) < 4.78 is 1.52. The number of nitrogens with zero attached hydrogens (tertiary/aromatic N) is 4. The molecule has 21 heavy (non-hydrogen) atoms. The van der Waals surface area contributed by atoms with Crippen molar-refractivity contribution in [2.24, 2.45) is 0 Å². The fourth-order valence-corrected chi connectivity index (χ4v) is 1.91. The average Bonchev–Trinajstić information content (AvgIpc) is 2.87. The van der Waals surface area contributed by atoms with E-state index in [0.29, 0.717) is 24.5 Å². The molecule has 1 aromatic heterocycles. The molecule has 2 rings (SSSR count). The molecule has 0 atom stereocenters. The second-order valence-electron chi connectivity index (χ2n) is 4.76. The van der Waals surface area contributed by atoms with Gasteiger partial charge in [-0.15, -0.1) is 5.10 Å². The van der Waals surface area contributed by atoms with E-state index in [2.05, 4.69) is 15.6 Å². The van der Waals surface area contributed by atoms with Crippen LogP contribution in [0.3, 0.4) is 0 Å². The molecule has 0 bridgehead atoms. The molecule has 1 heterocycles. The van der Waals surface area contributed by atoms with Crippen LogP contribution in [-0.4, -0.2) is 31.6 Å². The van der Waals surface area contributed by atoms with Crippen LogP contribution in [0.15, 0.2) is 18.3 Å². The minimum atomic E-state index is -0.405. The maximum absolute atomic E-state index is 11.1. The summed E-state index contributed by atoms with van der Waals surface area (Å²) in [6.45, 7) is 4.43. The first-order chi connectivity index (χ1) is 10.0. The van der Waals surface area contributed by atoms with E-state index in [1.54, 1.807) is 18.3 Å². The molecule has 112 valence electrons. The number of hydrogen-bond donors (Lipinski definition) is 2. The average molecular weight is 291 g/mol. The lowest BCUT2D eigenvalue weighted by molar-refractivity contribution is -0.384. The van der Waals surface area contributed by atoms with Crippen LogP contribution >= 0.6 is 0 Å². The maximum Gasteiger partial charge on any atom is 0.292 e. The topological polar surface area (TPSA) is 106 Å². The Labute approximate surface area is 121 Å². The van der Waals surface area contributed by atoms with Gasteiger partial charge < -0.3 is 10.4 Å². The molecule has 8 nitrogen and oxygen atoms in total. The first-order valence-electron chi connectivity index (χ1n) is 6.50. The predicted octanol–water partition coefficient (Wildman–Crippen LogP) is 1.41. The van der Waals surface area contributed by atoms with Gasteiger partial charge in [0.25, 0.3) is 5.69 Å². The van der Waals surface area contributed by atoms with Crippen LogP contribution in [0.5, 0.6) is 0 Å². The number of hydrogen-bond acceptors (Lipinski definition) is 6. The third-order valence-corrected chi connectivity index (χ3v) is 3.18. The molecular formula is C13H17N5O3. The fourth-order valence-electron chi connectivity index (χ4n) is 1.91. The molecule has 0 saturated heterocycles. The molecule has 0 unspecified atom stereocenters. The van der Waals surface area contributed by atoms with E-state index in [9.17, 15) is 10.1 Å². The number of nitrogens with one attached hydrogen (secondary N) is 1. The van der Waals surface area contributed by atoms with Crippen LogP contribution in [0.2, 0.25) is 0 Å². The van der Waals surface area contributed by atoms with Crippen molar-refractivity contribution in [3.05, 3.63) is 45.3 Å². The summed E-state index contributed by atoms with van der Waals surface area (Å²) in [5, 5.41) is 30.7. The second kappa shape index (κ2) is 6.31. The number of benzene rings is 1. The molecule has 0 saturated carbocycles. The maximum atomic E-state index is 11.1. The predicted molar refractivity (Wildman–Crippen MR) is 77.0 cm³/mol. The van der Waals surface area contributed by atoms with E-state index in [4.69, 9.17) is 5.11 Å². The number of rotatable bonds is 6. The van der Waals surface area contributed by atoms with E-state index in [0.717, 1.165) is 11.1 Å². The first kappa shape index (κ1) is 14.9. The minimum Gasteiger partial charge on any atom is -0.394 e. The zero-order valence-corrected chi connectivity index (χ0v) is 11.9. The lowest BCUT2D eigenvalue weighted by Gasteiger charge is -2.08. The smallest absolute Gasteiger partial charge is 0.292 e. The highest BCUT2D eigenvalue weighted by atomic mass is 16.6. The summed E-state index contributed by atoms with van der Waals surface area (Å²) in [5.74, 6) is 0. The molecule has 0 fully saturated rings. The summed E-state index contributed by atoms with van der Waals surface area (Å²) >= 11 is 0. The quantitative estimate of drug-likeness (QED) is 0.615. The van der Waals surface area contributed by atoms with Crippen LogP contribution in [-0.2, 0) is 13.1 Å². The fraction of sp³-hybridized carbons (Fsp3) is 0.385. The van der Waals surface area contributed by atoms with Crippen molar-refractivity contribution in [3.63, 3.8) is 0 Å². The Morgan fingerprint density at radius 2 is 2.10 bits per heavy atom. The lowest BCUT2D eigenvalue weighted by atomic mass is 10.1. The highest BCUT2D eigenvalue weighted by Crippen LogP contribution is 2.28. The zero-order chi connectivity index (χ0) is 15.4. The molecule has 1 aromatic carbocycles. The number of aliphatic hydroxyl groups is 1. The summed E-state index contributed by atoms with van der Waals surface area (Å²) in [6, 6.07) is 3.31. The van der Waals surface area contributed by atoms with Gasteiger partial charge in [0.2, 0.25) is 0 Å². The molecule has 0 aliphatic carbocycles. The van der Waals surface area contributed by atoms with Crippen molar-refractivity contribution < 1.29 is 10.0 Å². The van der Waals surface area contributed by atoms with Gasteiger partial charge >= 0.3 is 0 Å². The first-order valence-corrected chi connectivity index (χ1v) is 6.50. The standard InChI is InChI=1S/C13H17N5O3/c1-9-5-12(13(18(20)21)6-10(9)2)14-7-11-8-17(3-4-19)16-15-11/h5-6,8,14,19H,3-4,7H2,1-2H3. The minimum absolute atomic E-state index is 0.0150. The number of aryl methyl sites for hydroxylation is 2. The lowest BCUT2D eigenvalue weighted by Crippen LogP contribution is -2.04. The molecule has 8 heteroatoms. The number of anilines is 1. The van der Waals surface area contributed by atoms with Crippen molar-refractivity contribution in [1.82, 2.24) is 15.0 Å². The van der Waals surface area contributed by atoms with Crippen LogP contribution in [0.1, 0.15) is 16.8 Å². The van der Waals surface area contributed by atoms with Gasteiger partial charge in [-0.3, -0.25) is 10.1 Å². The van der Waals surface area contributed by atoms with E-state index in [1.807, 2.05) is 13.8 Å². The summed E-state index contributed by atoms with van der Waals surface area (Å²) in [7, 11) is 0. The summed E-state index contributed by atoms with van der Waals surface area (Å²) in [6.07, 6.45) is 1.69. The molecule has 0 spiro atoms. The Bertz CT molecular complexity index is 653. The van der Waals surface area contributed by atoms with Crippen molar-refractivity contribution >= 4 is 11.4 Å². The van der Waals surface area contributed by atoms with Gasteiger partial charge in [0.05, 0.1) is 30.8 Å². The number of nitro groups is 1. The SMILES string of the molecule is Cc1cc(NCc2cn(CCO)nn2)c([N+](=O)[O-])cc1C. The monoisotopic (exact) mass is 291 g/mol. The number of nitro benzene ring substituents is 1. The third-order valence-electron chi connectivity index (χ3n) is 3.18. The third kappa shape index (κ3) is 3.54. The molecule has 0 amide bonds. The molecule has 0 aliphatic heterocycles. The van der Waals surface area contributed by atoms with Crippen molar-refractivity contribution in [1.29, 1.82) is 0 Å². The van der Waals surface area contributed by atoms with E-state index < -0.39 is 4.92 Å². The molecule has 0 radical (unpaired) electrons. The summed E-state index contributed by atoms with van der Waals surface area (Å²) in [5.41, 5.74) is 3.00. The van der Waals surface area contributed by atoms with E-state index >= 15 is 0 Å². The van der Waals surface area contributed by atoms with Gasteiger partial charge in [-0.2, -0.15) is 0 Å². The van der Waals surface area contributed by atoms with Crippen LogP contribution in [0.25, 0.3) is 0 Å². The zero-order valence-electron chi connectivity index (χ0n) is 11.9. The van der Waals surface area contributed by atoms with Crippen LogP contribution in [0.4, 0.5) is 11.4 Å². The highest BCUT2D eigenvalue weighted by molar-refractivity contribution is 5.64. The van der Waals surface area contributed by atoms with Gasteiger partial charge in [0.1, 0.15) is 11.4 Å². The van der Waals surface area contributed by atoms with Crippen molar-refractivity contribution in [2.75, 3.05) is 11.9 Å². The van der Waals surface area contributed by atoms with Crippen LogP contribution in [0, 0.1) is 24.0 Å². The Morgan fingerprint density at radius 3 is 2.76 bits per heavy atom. The largest absolute Gasteiger partial charge is 0.394 e. The Kier molecular flexibility index (Phi) is 4.49. The highest BCUT2D eigenvalue weighted by Gasteiger charge is 2.15. The van der Waals surface area contributed by atoms with Gasteiger partial charge in [0.15, 0.2) is 0 Å². The molecule has 2 aromatic rings. The van der Waals surface area contributed by atoms with Crippen molar-refractivity contribution in [3.8, 4) is 0 Å². The van der Waals surface area contributed by atoms with Crippen molar-refractivity contribution in [2.45, 2.75) is 26.9 Å². The number of aromatic nitrogens is 3. The van der Waals surface area contributed by atoms with Gasteiger partial charge in [0, 0.05) is 6.07 Å². The normalized spacial score (nSPS) is 10.6. The van der Waals surface area contributed by atoms with Gasteiger partial charge in [-0.05, 0) is 31.0 Å². The van der Waals surface area contributed by atoms with E-state index in [1.165, 1.54) is 4.68 Å². The molecule has 2 N–H and O–H groups in total. The number of aliphatic hydroxyl groups excluding tert-OH is 1. The van der Waals surface area contributed by atoms with Crippen LogP contribution < -0.4 is 5.32 Å². The summed E-state index contributed by atoms with van der Waals surface area (Å²) in [4.78, 5) is 10.7. The molecular weight excluding hydrogens is 274 g/mol. The Morgan fingerprint density at radius 1 is 1.38 bits per heavy atom. The van der Waals surface area contributed by atoms with Gasteiger partial charge in [-0.1, -0.05) is 5.21 Å². The van der Waals surface area contributed by atoms with Gasteiger partial charge in [-0.25, -0.2) is 4.68 Å². The second-order valence-corrected chi connectivity index (χ2v) is 4.76. The Balaban J connectivity index is 2.15. The molecule has 0 aliphatic rings. The Hall–Kier alpha value is -2.48.